The molecule has 1 aromatic heterocycles. The van der Waals surface area contributed by atoms with Gasteiger partial charge in [0.25, 0.3) is 11.8 Å². The largest absolute Gasteiger partial charge is 0.444 e. The number of primary amides is 1. The molecular weight excluding hydrogens is 512 g/mol. The fourth-order valence-electron chi connectivity index (χ4n) is 4.02. The van der Waals surface area contributed by atoms with Crippen molar-refractivity contribution in [2.45, 2.75) is 45.3 Å². The first-order valence-electron chi connectivity index (χ1n) is 12.3. The van der Waals surface area contributed by atoms with E-state index in [0.29, 0.717) is 37.2 Å². The average Bonchev–Trinajstić information content (AvgIpc) is 3.27. The second-order valence-electron chi connectivity index (χ2n) is 10.1. The first-order valence-corrected chi connectivity index (χ1v) is 12.3. The van der Waals surface area contributed by atoms with E-state index in [9.17, 15) is 23.2 Å². The van der Waals surface area contributed by atoms with Gasteiger partial charge in [0.1, 0.15) is 22.8 Å². The monoisotopic (exact) mass is 541 g/mol. The maximum atomic E-state index is 14.2. The first kappa shape index (κ1) is 27.6. The van der Waals surface area contributed by atoms with Crippen molar-refractivity contribution in [1.82, 2.24) is 15.2 Å². The van der Waals surface area contributed by atoms with Crippen molar-refractivity contribution >= 4 is 29.5 Å². The molecule has 3 aromatic rings. The van der Waals surface area contributed by atoms with Gasteiger partial charge in [-0.2, -0.15) is 0 Å². The van der Waals surface area contributed by atoms with E-state index in [1.54, 1.807) is 29.2 Å². The van der Waals surface area contributed by atoms with Crippen molar-refractivity contribution in [3.8, 4) is 11.5 Å². The number of ether oxygens (including phenoxy) is 1. The molecule has 0 radical (unpaired) electrons. The van der Waals surface area contributed by atoms with E-state index in [-0.39, 0.29) is 29.6 Å². The number of rotatable bonds is 6. The lowest BCUT2D eigenvalue weighted by molar-refractivity contribution is 0.0199. The Morgan fingerprint density at radius 1 is 1.05 bits per heavy atom. The highest BCUT2D eigenvalue weighted by Gasteiger charge is 2.28. The Bertz CT molecular complexity index is 1360. The average molecular weight is 542 g/mol. The Balaban J connectivity index is 1.38. The SMILES string of the molecule is CC(C)(C)OC(=O)N1CCC(NC(=O)c2ccc(Nc3oc(-c4c(F)cccc4F)nc3C(N)=O)cc2)CC1. The third-order valence-corrected chi connectivity index (χ3v) is 5.92. The molecule has 2 heterocycles. The van der Waals surface area contributed by atoms with E-state index in [1.807, 2.05) is 20.8 Å². The Hall–Kier alpha value is -4.48. The summed E-state index contributed by atoms with van der Waals surface area (Å²) < 4.78 is 39.2. The van der Waals surface area contributed by atoms with Crippen LogP contribution in [0.5, 0.6) is 0 Å². The number of likely N-dealkylation sites (tertiary alicyclic amines) is 1. The molecule has 1 aliphatic heterocycles. The lowest BCUT2D eigenvalue weighted by atomic mass is 10.0. The summed E-state index contributed by atoms with van der Waals surface area (Å²) in [5.74, 6) is -3.72. The molecule has 4 N–H and O–H groups in total. The van der Waals surface area contributed by atoms with Gasteiger partial charge in [-0.05, 0) is 70.0 Å². The van der Waals surface area contributed by atoms with Crippen molar-refractivity contribution in [2.75, 3.05) is 18.4 Å². The number of aromatic nitrogens is 1. The molecule has 1 fully saturated rings. The summed E-state index contributed by atoms with van der Waals surface area (Å²) in [7, 11) is 0. The summed E-state index contributed by atoms with van der Waals surface area (Å²) in [6.45, 7) is 6.38. The van der Waals surface area contributed by atoms with Gasteiger partial charge in [0.2, 0.25) is 11.8 Å². The second kappa shape index (κ2) is 11.1. The molecule has 1 saturated heterocycles. The van der Waals surface area contributed by atoms with Crippen molar-refractivity contribution in [3.63, 3.8) is 0 Å². The number of nitrogens with zero attached hydrogens (tertiary/aromatic N) is 2. The smallest absolute Gasteiger partial charge is 0.410 e. The minimum Gasteiger partial charge on any atom is -0.444 e. The third kappa shape index (κ3) is 6.70. The highest BCUT2D eigenvalue weighted by molar-refractivity contribution is 5.97. The maximum absolute atomic E-state index is 14.2. The molecular formula is C27H29F2N5O5. The Kier molecular flexibility index (Phi) is 7.84. The van der Waals surface area contributed by atoms with Crippen molar-refractivity contribution < 1.29 is 32.3 Å². The lowest BCUT2D eigenvalue weighted by Crippen LogP contribution is -2.47. The standard InChI is InChI=1S/C27H29F2N5O5/c1-27(2,3)39-26(37)34-13-11-17(12-14-34)31-23(36)15-7-9-16(10-8-15)32-25-21(22(30)35)33-24(38-25)20-18(28)5-4-6-19(20)29/h4-10,17,32H,11-14H2,1-3H3,(H2,30,35)(H,31,36). The van der Waals surface area contributed by atoms with Gasteiger partial charge in [-0.25, -0.2) is 18.6 Å². The van der Waals surface area contributed by atoms with Crippen LogP contribution in [-0.4, -0.2) is 52.5 Å². The molecule has 0 saturated carbocycles. The van der Waals surface area contributed by atoms with Crippen LogP contribution in [0.25, 0.3) is 11.5 Å². The van der Waals surface area contributed by atoms with Crippen LogP contribution < -0.4 is 16.4 Å². The highest BCUT2D eigenvalue weighted by atomic mass is 19.1. The van der Waals surface area contributed by atoms with Crippen LogP contribution in [-0.2, 0) is 4.74 Å². The molecule has 4 rings (SSSR count). The van der Waals surface area contributed by atoms with Gasteiger partial charge in [-0.1, -0.05) is 6.07 Å². The summed E-state index contributed by atoms with van der Waals surface area (Å²) in [6.07, 6.45) is 0.821. The quantitative estimate of drug-likeness (QED) is 0.415. The molecule has 0 bridgehead atoms. The van der Waals surface area contributed by atoms with Crippen molar-refractivity contribution in [1.29, 1.82) is 0 Å². The third-order valence-electron chi connectivity index (χ3n) is 5.92. The van der Waals surface area contributed by atoms with E-state index in [0.717, 1.165) is 12.1 Å². The van der Waals surface area contributed by atoms with E-state index in [2.05, 4.69) is 15.6 Å². The number of anilines is 2. The van der Waals surface area contributed by atoms with Gasteiger partial charge < -0.3 is 30.4 Å². The predicted octanol–water partition coefficient (Wildman–Crippen LogP) is 4.59. The van der Waals surface area contributed by atoms with Crippen LogP contribution in [0, 0.1) is 11.6 Å². The zero-order chi connectivity index (χ0) is 28.3. The first-order chi connectivity index (χ1) is 18.4. The molecule has 2 aromatic carbocycles. The maximum Gasteiger partial charge on any atom is 0.410 e. The number of hydrogen-bond donors (Lipinski definition) is 3. The molecule has 0 atom stereocenters. The molecule has 0 unspecified atom stereocenters. The number of oxazole rings is 1. The number of benzene rings is 2. The Labute approximate surface area is 223 Å². The van der Waals surface area contributed by atoms with Crippen LogP contribution in [0.4, 0.5) is 25.1 Å². The number of carbonyl (C=O) groups excluding carboxylic acids is 3. The normalized spacial score (nSPS) is 14.1. The van der Waals surface area contributed by atoms with E-state index in [4.69, 9.17) is 14.9 Å². The van der Waals surface area contributed by atoms with Gasteiger partial charge in [0.05, 0.1) is 0 Å². The second-order valence-corrected chi connectivity index (χ2v) is 10.1. The fourth-order valence-corrected chi connectivity index (χ4v) is 4.02. The molecule has 0 aliphatic carbocycles. The lowest BCUT2D eigenvalue weighted by Gasteiger charge is -2.33. The topological polar surface area (TPSA) is 140 Å². The predicted molar refractivity (Wildman–Crippen MR) is 138 cm³/mol. The van der Waals surface area contributed by atoms with Crippen LogP contribution >= 0.6 is 0 Å². The zero-order valence-corrected chi connectivity index (χ0v) is 21.7. The summed E-state index contributed by atoms with van der Waals surface area (Å²) in [6, 6.07) is 9.42. The molecule has 12 heteroatoms. The summed E-state index contributed by atoms with van der Waals surface area (Å²) in [5.41, 5.74) is 4.73. The van der Waals surface area contributed by atoms with Crippen LogP contribution in [0.1, 0.15) is 54.5 Å². The van der Waals surface area contributed by atoms with E-state index >= 15 is 0 Å². The summed E-state index contributed by atoms with van der Waals surface area (Å²) >= 11 is 0. The molecule has 0 spiro atoms. The fraction of sp³-hybridized carbons (Fsp3) is 0.333. The number of hydrogen-bond acceptors (Lipinski definition) is 7. The number of nitrogens with two attached hydrogens (primary N) is 1. The number of nitrogens with one attached hydrogen (secondary N) is 2. The number of halogens is 2. The molecule has 39 heavy (non-hydrogen) atoms. The van der Waals surface area contributed by atoms with Crippen LogP contribution in [0.15, 0.2) is 46.9 Å². The van der Waals surface area contributed by atoms with E-state index < -0.39 is 34.6 Å². The van der Waals surface area contributed by atoms with Crippen LogP contribution in [0.3, 0.4) is 0 Å². The molecule has 3 amide bonds. The Morgan fingerprint density at radius 3 is 2.23 bits per heavy atom. The van der Waals surface area contributed by atoms with Crippen molar-refractivity contribution in [2.24, 2.45) is 5.73 Å². The van der Waals surface area contributed by atoms with Crippen molar-refractivity contribution in [3.05, 3.63) is 65.4 Å². The summed E-state index contributed by atoms with van der Waals surface area (Å²) in [4.78, 5) is 42.3. The van der Waals surface area contributed by atoms with Gasteiger partial charge in [-0.3, -0.25) is 9.59 Å². The zero-order valence-electron chi connectivity index (χ0n) is 21.7. The van der Waals surface area contributed by atoms with E-state index in [1.165, 1.54) is 6.07 Å². The minimum atomic E-state index is -0.960. The van der Waals surface area contributed by atoms with Gasteiger partial charge >= 0.3 is 6.09 Å². The summed E-state index contributed by atoms with van der Waals surface area (Å²) in [5, 5.41) is 5.78. The Morgan fingerprint density at radius 2 is 1.67 bits per heavy atom. The van der Waals surface area contributed by atoms with Gasteiger partial charge in [-0.15, -0.1) is 0 Å². The number of amides is 3. The molecule has 10 nitrogen and oxygen atoms in total. The van der Waals surface area contributed by atoms with Gasteiger partial charge in [0, 0.05) is 30.4 Å². The number of piperidine rings is 1. The van der Waals surface area contributed by atoms with Gasteiger partial charge in [0.15, 0.2) is 5.69 Å². The minimum absolute atomic E-state index is 0.0986. The highest BCUT2D eigenvalue weighted by Crippen LogP contribution is 2.31. The van der Waals surface area contributed by atoms with Crippen LogP contribution in [0.2, 0.25) is 0 Å². The molecule has 1 aliphatic rings. The molecule has 206 valence electrons. The number of carbonyl (C=O) groups is 3.